The molecule has 1 rings (SSSR count). The number of carbonyl (C=O) groups is 1. The molecule has 0 unspecified atom stereocenters. The SMILES string of the molecule is CN1CCCN(CCCC(N)=S)CC1=O. The topological polar surface area (TPSA) is 49.6 Å². The maximum Gasteiger partial charge on any atom is 0.236 e. The molecule has 0 spiro atoms. The Morgan fingerprint density at radius 2 is 2.27 bits per heavy atom. The number of thiocarbonyl (C=S) groups is 1. The molecule has 0 aromatic rings. The van der Waals surface area contributed by atoms with Gasteiger partial charge in [0.2, 0.25) is 5.91 Å². The second kappa shape index (κ2) is 6.02. The van der Waals surface area contributed by atoms with Crippen molar-refractivity contribution in [1.29, 1.82) is 0 Å². The lowest BCUT2D eigenvalue weighted by molar-refractivity contribution is -0.129. The van der Waals surface area contributed by atoms with Gasteiger partial charge in [0.05, 0.1) is 11.5 Å². The zero-order valence-electron chi connectivity index (χ0n) is 9.24. The van der Waals surface area contributed by atoms with E-state index in [9.17, 15) is 4.79 Å². The molecule has 0 aromatic heterocycles. The predicted molar refractivity (Wildman–Crippen MR) is 64.7 cm³/mol. The van der Waals surface area contributed by atoms with Gasteiger partial charge < -0.3 is 10.6 Å². The first-order valence-electron chi connectivity index (χ1n) is 5.34. The molecular weight excluding hydrogens is 210 g/mol. The van der Waals surface area contributed by atoms with Crippen LogP contribution in [0.15, 0.2) is 0 Å². The van der Waals surface area contributed by atoms with Crippen molar-refractivity contribution in [2.24, 2.45) is 5.73 Å². The molecule has 0 aromatic carbocycles. The van der Waals surface area contributed by atoms with Gasteiger partial charge in [0.25, 0.3) is 0 Å². The van der Waals surface area contributed by atoms with Crippen LogP contribution >= 0.6 is 12.2 Å². The van der Waals surface area contributed by atoms with Crippen molar-refractivity contribution in [3.8, 4) is 0 Å². The molecule has 5 heteroatoms. The highest BCUT2D eigenvalue weighted by Crippen LogP contribution is 2.04. The van der Waals surface area contributed by atoms with Crippen molar-refractivity contribution < 1.29 is 4.79 Å². The van der Waals surface area contributed by atoms with Gasteiger partial charge in [-0.05, 0) is 25.8 Å². The molecule has 4 nitrogen and oxygen atoms in total. The maximum absolute atomic E-state index is 11.6. The summed E-state index contributed by atoms with van der Waals surface area (Å²) in [6, 6.07) is 0. The van der Waals surface area contributed by atoms with E-state index in [-0.39, 0.29) is 5.91 Å². The third-order valence-electron chi connectivity index (χ3n) is 2.65. The number of hydrogen-bond donors (Lipinski definition) is 1. The summed E-state index contributed by atoms with van der Waals surface area (Å²) in [5.74, 6) is 0.211. The van der Waals surface area contributed by atoms with Gasteiger partial charge in [-0.1, -0.05) is 12.2 Å². The molecule has 1 aliphatic heterocycles. The lowest BCUT2D eigenvalue weighted by Crippen LogP contribution is -2.35. The zero-order valence-corrected chi connectivity index (χ0v) is 10.1. The Bertz CT molecular complexity index is 245. The molecule has 15 heavy (non-hydrogen) atoms. The molecule has 0 atom stereocenters. The molecule has 0 saturated carbocycles. The molecule has 0 bridgehead atoms. The number of amides is 1. The van der Waals surface area contributed by atoms with Crippen LogP contribution in [0.1, 0.15) is 19.3 Å². The van der Waals surface area contributed by atoms with E-state index < -0.39 is 0 Å². The Balaban J connectivity index is 2.29. The van der Waals surface area contributed by atoms with Crippen molar-refractivity contribution >= 4 is 23.1 Å². The molecular formula is C10H19N3OS. The Morgan fingerprint density at radius 1 is 1.53 bits per heavy atom. The molecule has 1 aliphatic rings. The molecule has 1 heterocycles. The summed E-state index contributed by atoms with van der Waals surface area (Å²) < 4.78 is 0. The van der Waals surface area contributed by atoms with Crippen molar-refractivity contribution in [1.82, 2.24) is 9.80 Å². The summed E-state index contributed by atoms with van der Waals surface area (Å²) in [5, 5.41) is 0. The smallest absolute Gasteiger partial charge is 0.236 e. The second-order valence-electron chi connectivity index (χ2n) is 4.01. The highest BCUT2D eigenvalue weighted by molar-refractivity contribution is 7.80. The fourth-order valence-electron chi connectivity index (χ4n) is 1.71. The number of nitrogens with two attached hydrogens (primary N) is 1. The quantitative estimate of drug-likeness (QED) is 0.701. The van der Waals surface area contributed by atoms with E-state index in [1.807, 2.05) is 7.05 Å². The first-order chi connectivity index (χ1) is 7.09. The standard InChI is InChI=1S/C10H19N3OS/c1-12-5-3-7-13(8-10(12)14)6-2-4-9(11)15/h2-8H2,1H3,(H2,11,15). The molecule has 2 N–H and O–H groups in total. The van der Waals surface area contributed by atoms with E-state index in [2.05, 4.69) is 4.90 Å². The minimum Gasteiger partial charge on any atom is -0.393 e. The number of rotatable bonds is 4. The van der Waals surface area contributed by atoms with Gasteiger partial charge in [0.1, 0.15) is 0 Å². The Kier molecular flexibility index (Phi) is 4.98. The Hall–Kier alpha value is -0.680. The molecule has 1 fully saturated rings. The number of hydrogen-bond acceptors (Lipinski definition) is 3. The Labute approximate surface area is 96.4 Å². The first kappa shape index (κ1) is 12.4. The fraction of sp³-hybridized carbons (Fsp3) is 0.800. The van der Waals surface area contributed by atoms with Gasteiger partial charge in [0, 0.05) is 20.1 Å². The highest BCUT2D eigenvalue weighted by Gasteiger charge is 2.17. The van der Waals surface area contributed by atoms with Crippen molar-refractivity contribution in [3.63, 3.8) is 0 Å². The summed E-state index contributed by atoms with van der Waals surface area (Å²) >= 11 is 4.82. The van der Waals surface area contributed by atoms with Crippen LogP contribution in [-0.2, 0) is 4.79 Å². The molecule has 1 saturated heterocycles. The molecule has 1 amide bonds. The van der Waals surface area contributed by atoms with Gasteiger partial charge in [-0.25, -0.2) is 0 Å². The lowest BCUT2D eigenvalue weighted by Gasteiger charge is -2.18. The monoisotopic (exact) mass is 229 g/mol. The van der Waals surface area contributed by atoms with E-state index in [4.69, 9.17) is 18.0 Å². The predicted octanol–water partition coefficient (Wildman–Crippen LogP) is 0.217. The van der Waals surface area contributed by atoms with Crippen molar-refractivity contribution in [2.45, 2.75) is 19.3 Å². The summed E-state index contributed by atoms with van der Waals surface area (Å²) in [7, 11) is 1.86. The minimum absolute atomic E-state index is 0.211. The van der Waals surface area contributed by atoms with E-state index in [1.165, 1.54) is 0 Å². The van der Waals surface area contributed by atoms with Gasteiger partial charge >= 0.3 is 0 Å². The van der Waals surface area contributed by atoms with E-state index in [1.54, 1.807) is 4.90 Å². The van der Waals surface area contributed by atoms with Crippen LogP contribution in [0.4, 0.5) is 0 Å². The summed E-state index contributed by atoms with van der Waals surface area (Å²) in [6.45, 7) is 3.31. The van der Waals surface area contributed by atoms with Crippen LogP contribution in [0, 0.1) is 0 Å². The average molecular weight is 229 g/mol. The summed E-state index contributed by atoms with van der Waals surface area (Å²) in [4.78, 5) is 16.1. The van der Waals surface area contributed by atoms with Gasteiger partial charge in [-0.2, -0.15) is 0 Å². The lowest BCUT2D eigenvalue weighted by atomic mass is 10.3. The normalized spacial score (nSPS) is 19.0. The average Bonchev–Trinajstić information content (AvgIpc) is 2.29. The second-order valence-corrected chi connectivity index (χ2v) is 4.54. The third kappa shape index (κ3) is 4.57. The first-order valence-corrected chi connectivity index (χ1v) is 5.75. The van der Waals surface area contributed by atoms with Crippen LogP contribution in [0.3, 0.4) is 0 Å². The minimum atomic E-state index is 0.211. The number of likely N-dealkylation sites (N-methyl/N-ethyl adjacent to an activating group) is 1. The maximum atomic E-state index is 11.6. The van der Waals surface area contributed by atoms with Crippen LogP contribution in [0.5, 0.6) is 0 Å². The van der Waals surface area contributed by atoms with Crippen LogP contribution in [0.25, 0.3) is 0 Å². The summed E-state index contributed by atoms with van der Waals surface area (Å²) in [6.07, 6.45) is 2.78. The third-order valence-corrected chi connectivity index (χ3v) is 2.85. The molecule has 0 radical (unpaired) electrons. The molecule has 0 aliphatic carbocycles. The zero-order chi connectivity index (χ0) is 11.3. The van der Waals surface area contributed by atoms with Crippen LogP contribution in [-0.4, -0.2) is 53.9 Å². The Morgan fingerprint density at radius 3 is 2.93 bits per heavy atom. The van der Waals surface area contributed by atoms with Crippen LogP contribution < -0.4 is 5.73 Å². The largest absolute Gasteiger partial charge is 0.393 e. The van der Waals surface area contributed by atoms with Crippen LogP contribution in [0.2, 0.25) is 0 Å². The summed E-state index contributed by atoms with van der Waals surface area (Å²) in [5.41, 5.74) is 5.43. The van der Waals surface area contributed by atoms with Crippen molar-refractivity contribution in [2.75, 3.05) is 33.2 Å². The highest BCUT2D eigenvalue weighted by atomic mass is 32.1. The fourth-order valence-corrected chi connectivity index (χ4v) is 1.86. The number of carbonyl (C=O) groups excluding carboxylic acids is 1. The number of nitrogens with zero attached hydrogens (tertiary/aromatic N) is 2. The van der Waals surface area contributed by atoms with E-state index in [0.717, 1.165) is 38.9 Å². The van der Waals surface area contributed by atoms with E-state index in [0.29, 0.717) is 11.5 Å². The molecule has 86 valence electrons. The van der Waals surface area contributed by atoms with Gasteiger partial charge in [-0.3, -0.25) is 9.69 Å². The van der Waals surface area contributed by atoms with Gasteiger partial charge in [-0.15, -0.1) is 0 Å². The van der Waals surface area contributed by atoms with Gasteiger partial charge in [0.15, 0.2) is 0 Å². The van der Waals surface area contributed by atoms with Crippen molar-refractivity contribution in [3.05, 3.63) is 0 Å². The van der Waals surface area contributed by atoms with E-state index >= 15 is 0 Å².